The third-order valence-corrected chi connectivity index (χ3v) is 4.65. The Bertz CT molecular complexity index is 490. The lowest BCUT2D eigenvalue weighted by atomic mass is 10.3. The fourth-order valence-corrected chi connectivity index (χ4v) is 3.06. The number of hydrogen-bond acceptors (Lipinski definition) is 5. The standard InChI is InChI=1S/C15H27N5OS2/c1-4-16-15(18-7-5-6-10-22-3)19-9-8-17-14(21)13-12(2)20-11-23-13/h11H,4-10H2,1-3H3,(H,17,21)(H2,16,18,19). The number of aromatic nitrogens is 1. The number of rotatable bonds is 10. The number of carbonyl (C=O) groups is 1. The van der Waals surface area contributed by atoms with Crippen LogP contribution in [0.25, 0.3) is 0 Å². The predicted octanol–water partition coefficient (Wildman–Crippen LogP) is 1.88. The van der Waals surface area contributed by atoms with Gasteiger partial charge in [-0.25, -0.2) is 4.98 Å². The largest absolute Gasteiger partial charge is 0.357 e. The summed E-state index contributed by atoms with van der Waals surface area (Å²) in [4.78, 5) is 21.2. The lowest BCUT2D eigenvalue weighted by Gasteiger charge is -2.11. The maximum Gasteiger partial charge on any atom is 0.263 e. The molecule has 0 aromatic carbocycles. The first-order chi connectivity index (χ1) is 11.2. The van der Waals surface area contributed by atoms with E-state index in [0.717, 1.165) is 31.2 Å². The lowest BCUT2D eigenvalue weighted by Crippen LogP contribution is -2.41. The molecule has 130 valence electrons. The Morgan fingerprint density at radius 1 is 1.30 bits per heavy atom. The van der Waals surface area contributed by atoms with Crippen molar-refractivity contribution >= 4 is 35.0 Å². The number of thioether (sulfide) groups is 1. The van der Waals surface area contributed by atoms with Crippen molar-refractivity contribution in [3.8, 4) is 0 Å². The van der Waals surface area contributed by atoms with Crippen LogP contribution in [0.2, 0.25) is 0 Å². The molecule has 0 aliphatic carbocycles. The average Bonchev–Trinajstić information content (AvgIpc) is 2.97. The second-order valence-corrected chi connectivity index (χ2v) is 6.75. The van der Waals surface area contributed by atoms with Crippen LogP contribution in [0.15, 0.2) is 10.5 Å². The third kappa shape index (κ3) is 8.22. The Labute approximate surface area is 147 Å². The van der Waals surface area contributed by atoms with Crippen LogP contribution in [-0.2, 0) is 0 Å². The Hall–Kier alpha value is -1.28. The lowest BCUT2D eigenvalue weighted by molar-refractivity contribution is 0.0957. The molecule has 1 rings (SSSR count). The molecule has 0 aliphatic heterocycles. The van der Waals surface area contributed by atoms with E-state index in [9.17, 15) is 4.79 Å². The van der Waals surface area contributed by atoms with Gasteiger partial charge in [0.05, 0.1) is 11.2 Å². The number of aryl methyl sites for hydroxylation is 1. The van der Waals surface area contributed by atoms with E-state index in [2.05, 4.69) is 32.2 Å². The monoisotopic (exact) mass is 357 g/mol. The highest BCUT2D eigenvalue weighted by molar-refractivity contribution is 7.98. The van der Waals surface area contributed by atoms with Crippen molar-refractivity contribution < 1.29 is 4.79 Å². The van der Waals surface area contributed by atoms with E-state index in [1.54, 1.807) is 5.51 Å². The van der Waals surface area contributed by atoms with Crippen molar-refractivity contribution in [2.75, 3.05) is 38.2 Å². The number of hydrogen-bond donors (Lipinski definition) is 3. The number of thiazole rings is 1. The smallest absolute Gasteiger partial charge is 0.263 e. The van der Waals surface area contributed by atoms with Crippen molar-refractivity contribution in [3.63, 3.8) is 0 Å². The Kier molecular flexibility index (Phi) is 10.5. The first-order valence-electron chi connectivity index (χ1n) is 7.88. The van der Waals surface area contributed by atoms with Crippen LogP contribution in [0.1, 0.15) is 35.1 Å². The maximum atomic E-state index is 12.0. The molecule has 8 heteroatoms. The topological polar surface area (TPSA) is 78.4 Å². The van der Waals surface area contributed by atoms with E-state index in [1.807, 2.05) is 25.6 Å². The average molecular weight is 358 g/mol. The summed E-state index contributed by atoms with van der Waals surface area (Å²) < 4.78 is 0. The van der Waals surface area contributed by atoms with Crippen LogP contribution in [-0.4, -0.2) is 55.0 Å². The number of guanidine groups is 1. The van der Waals surface area contributed by atoms with Crippen molar-refractivity contribution in [3.05, 3.63) is 16.1 Å². The Balaban J connectivity index is 2.25. The maximum absolute atomic E-state index is 12.0. The fraction of sp³-hybridized carbons (Fsp3) is 0.667. The van der Waals surface area contributed by atoms with Gasteiger partial charge in [0, 0.05) is 26.2 Å². The zero-order valence-corrected chi connectivity index (χ0v) is 15.8. The van der Waals surface area contributed by atoms with E-state index >= 15 is 0 Å². The van der Waals surface area contributed by atoms with Gasteiger partial charge in [-0.15, -0.1) is 11.3 Å². The summed E-state index contributed by atoms with van der Waals surface area (Å²) in [5, 5.41) is 9.34. The summed E-state index contributed by atoms with van der Waals surface area (Å²) in [7, 11) is 0. The summed E-state index contributed by atoms with van der Waals surface area (Å²) >= 11 is 3.23. The van der Waals surface area contributed by atoms with Gasteiger partial charge in [0.1, 0.15) is 4.88 Å². The molecular formula is C15H27N5OS2. The van der Waals surface area contributed by atoms with E-state index < -0.39 is 0 Å². The first-order valence-corrected chi connectivity index (χ1v) is 10.2. The number of unbranched alkanes of at least 4 members (excludes halogenated alkanes) is 1. The molecule has 0 fully saturated rings. The van der Waals surface area contributed by atoms with Crippen LogP contribution in [0.4, 0.5) is 0 Å². The molecule has 6 nitrogen and oxygen atoms in total. The minimum absolute atomic E-state index is 0.0641. The van der Waals surface area contributed by atoms with Crippen LogP contribution in [0.5, 0.6) is 0 Å². The molecule has 0 unspecified atom stereocenters. The molecular weight excluding hydrogens is 330 g/mol. The predicted molar refractivity (Wildman–Crippen MR) is 101 cm³/mol. The van der Waals surface area contributed by atoms with Gasteiger partial charge in [-0.2, -0.15) is 11.8 Å². The fourth-order valence-electron chi connectivity index (χ4n) is 1.85. The van der Waals surface area contributed by atoms with E-state index in [4.69, 9.17) is 0 Å². The van der Waals surface area contributed by atoms with Gasteiger partial charge in [0.25, 0.3) is 5.91 Å². The van der Waals surface area contributed by atoms with Crippen LogP contribution >= 0.6 is 23.1 Å². The summed E-state index contributed by atoms with van der Waals surface area (Å²) in [5.74, 6) is 1.92. The molecule has 0 saturated heterocycles. The van der Waals surface area contributed by atoms with Gasteiger partial charge in [-0.1, -0.05) is 0 Å². The summed E-state index contributed by atoms with van der Waals surface area (Å²) in [6, 6.07) is 0. The van der Waals surface area contributed by atoms with Crippen LogP contribution in [0, 0.1) is 6.92 Å². The molecule has 1 amide bonds. The normalized spacial score (nSPS) is 11.3. The summed E-state index contributed by atoms with van der Waals surface area (Å²) in [6.45, 7) is 6.72. The van der Waals surface area contributed by atoms with Crippen LogP contribution in [0.3, 0.4) is 0 Å². The number of amides is 1. The molecule has 0 spiro atoms. The quantitative estimate of drug-likeness (QED) is 0.338. The molecule has 3 N–H and O–H groups in total. The molecule has 0 atom stereocenters. The molecule has 23 heavy (non-hydrogen) atoms. The Morgan fingerprint density at radius 2 is 2.09 bits per heavy atom. The molecule has 1 aromatic rings. The van der Waals surface area contributed by atoms with E-state index in [-0.39, 0.29) is 5.91 Å². The van der Waals surface area contributed by atoms with Crippen LogP contribution < -0.4 is 16.0 Å². The zero-order valence-electron chi connectivity index (χ0n) is 14.1. The summed E-state index contributed by atoms with van der Waals surface area (Å²) in [6.07, 6.45) is 4.41. The van der Waals surface area contributed by atoms with Gasteiger partial charge in [-0.3, -0.25) is 9.79 Å². The van der Waals surface area contributed by atoms with Crippen molar-refractivity contribution in [1.29, 1.82) is 0 Å². The highest BCUT2D eigenvalue weighted by Crippen LogP contribution is 2.11. The SMILES string of the molecule is CCNC(=NCCCCSC)NCCNC(=O)c1scnc1C. The molecule has 1 heterocycles. The van der Waals surface area contributed by atoms with E-state index in [0.29, 0.717) is 18.0 Å². The van der Waals surface area contributed by atoms with Crippen molar-refractivity contribution in [1.82, 2.24) is 20.9 Å². The van der Waals surface area contributed by atoms with Crippen molar-refractivity contribution in [2.24, 2.45) is 4.99 Å². The number of aliphatic imine (C=N–C) groups is 1. The first kappa shape index (κ1) is 19.8. The van der Waals surface area contributed by atoms with Gasteiger partial charge in [0.15, 0.2) is 5.96 Å². The molecule has 1 aromatic heterocycles. The van der Waals surface area contributed by atoms with E-state index in [1.165, 1.54) is 23.5 Å². The van der Waals surface area contributed by atoms with Gasteiger partial charge in [0.2, 0.25) is 0 Å². The second kappa shape index (κ2) is 12.2. The summed E-state index contributed by atoms with van der Waals surface area (Å²) in [5.41, 5.74) is 2.47. The highest BCUT2D eigenvalue weighted by atomic mass is 32.2. The molecule has 0 radical (unpaired) electrons. The van der Waals surface area contributed by atoms with Gasteiger partial charge >= 0.3 is 0 Å². The number of carbonyl (C=O) groups excluding carboxylic acids is 1. The Morgan fingerprint density at radius 3 is 2.74 bits per heavy atom. The third-order valence-electron chi connectivity index (χ3n) is 3.03. The van der Waals surface area contributed by atoms with Gasteiger partial charge < -0.3 is 16.0 Å². The molecule has 0 aliphatic rings. The van der Waals surface area contributed by atoms with Gasteiger partial charge in [-0.05, 0) is 38.7 Å². The van der Waals surface area contributed by atoms with Crippen molar-refractivity contribution in [2.45, 2.75) is 26.7 Å². The minimum Gasteiger partial charge on any atom is -0.357 e. The number of nitrogens with one attached hydrogen (secondary N) is 3. The molecule has 0 saturated carbocycles. The minimum atomic E-state index is -0.0641. The number of nitrogens with zero attached hydrogens (tertiary/aromatic N) is 2. The molecule has 0 bridgehead atoms. The second-order valence-electron chi connectivity index (χ2n) is 4.91. The zero-order chi connectivity index (χ0) is 16.9. The highest BCUT2D eigenvalue weighted by Gasteiger charge is 2.10.